The second-order valence-corrected chi connectivity index (χ2v) is 1.80. The molecule has 0 saturated heterocycles. The maximum absolute atomic E-state index is 10.4. The van der Waals surface area contributed by atoms with E-state index in [2.05, 4.69) is 5.32 Å². The van der Waals surface area contributed by atoms with Crippen LogP contribution < -0.4 is 5.32 Å². The fourth-order valence-electron chi connectivity index (χ4n) is 0.367. The minimum absolute atomic E-state index is 0.565. The predicted molar refractivity (Wildman–Crippen MR) is 31.8 cm³/mol. The van der Waals surface area contributed by atoms with Crippen molar-refractivity contribution in [3.05, 3.63) is 0 Å². The lowest BCUT2D eigenvalue weighted by Gasteiger charge is -2.10. The van der Waals surface area contributed by atoms with Crippen molar-refractivity contribution in [2.24, 2.45) is 0 Å². The number of rotatable bonds is 2. The Morgan fingerprint density at radius 2 is 2.00 bits per heavy atom. The number of amides is 1. The van der Waals surface area contributed by atoms with Gasteiger partial charge in [0.1, 0.15) is 0 Å². The number of nitrogens with one attached hydrogen (secondary N) is 1. The van der Waals surface area contributed by atoms with Gasteiger partial charge < -0.3 is 15.5 Å². The van der Waals surface area contributed by atoms with E-state index in [-0.39, 0.29) is 0 Å². The molecule has 0 spiro atoms. The lowest BCUT2D eigenvalue weighted by atomic mass is 10.2. The van der Waals surface area contributed by atoms with E-state index in [0.717, 1.165) is 0 Å². The van der Waals surface area contributed by atoms with Crippen LogP contribution in [0.2, 0.25) is 0 Å². The molecule has 4 nitrogen and oxygen atoms in total. The number of aliphatic hydroxyl groups excluding tert-OH is 2. The van der Waals surface area contributed by atoms with Crippen LogP contribution in [0.5, 0.6) is 0 Å². The number of aliphatic hydroxyl groups is 2. The Bertz CT molecular complexity index is 102. The second kappa shape index (κ2) is 3.42. The molecule has 2 atom stereocenters. The number of carbonyl (C=O) groups excluding carboxylic acids is 1. The lowest BCUT2D eigenvalue weighted by molar-refractivity contribution is -0.133. The summed E-state index contributed by atoms with van der Waals surface area (Å²) in [5.41, 5.74) is 0. The Morgan fingerprint density at radius 3 is 2.11 bits per heavy atom. The molecule has 3 N–H and O–H groups in total. The van der Waals surface area contributed by atoms with E-state index in [1.807, 2.05) is 0 Å². The minimum atomic E-state index is -1.31. The largest absolute Gasteiger partial charge is 0.390 e. The number of hydrogen-bond acceptors (Lipinski definition) is 3. The highest BCUT2D eigenvalue weighted by Gasteiger charge is 2.17. The van der Waals surface area contributed by atoms with Crippen LogP contribution in [0, 0.1) is 0 Å². The molecular weight excluding hydrogens is 122 g/mol. The maximum Gasteiger partial charge on any atom is 0.251 e. The summed E-state index contributed by atoms with van der Waals surface area (Å²) in [4.78, 5) is 10.4. The molecular formula is C5H11NO3. The van der Waals surface area contributed by atoms with Gasteiger partial charge in [0, 0.05) is 7.05 Å². The normalized spacial score (nSPS) is 16.4. The summed E-state index contributed by atoms with van der Waals surface area (Å²) < 4.78 is 0. The monoisotopic (exact) mass is 133 g/mol. The van der Waals surface area contributed by atoms with Crippen molar-refractivity contribution in [1.29, 1.82) is 0 Å². The van der Waals surface area contributed by atoms with Crippen LogP contribution in [0.15, 0.2) is 0 Å². The molecule has 0 heterocycles. The maximum atomic E-state index is 10.4. The van der Waals surface area contributed by atoms with Crippen LogP contribution in [-0.2, 0) is 4.79 Å². The summed E-state index contributed by atoms with van der Waals surface area (Å²) in [5.74, 6) is -0.565. The third-order valence-corrected chi connectivity index (χ3v) is 0.972. The highest BCUT2D eigenvalue weighted by Crippen LogP contribution is 1.89. The van der Waals surface area contributed by atoms with Gasteiger partial charge in [-0.25, -0.2) is 0 Å². The van der Waals surface area contributed by atoms with E-state index < -0.39 is 18.1 Å². The van der Waals surface area contributed by atoms with Crippen molar-refractivity contribution in [3.8, 4) is 0 Å². The molecule has 0 radical (unpaired) electrons. The predicted octanol–water partition coefficient (Wildman–Crippen LogP) is -1.53. The zero-order valence-electron chi connectivity index (χ0n) is 5.46. The van der Waals surface area contributed by atoms with Gasteiger partial charge in [0.25, 0.3) is 5.91 Å². The first kappa shape index (κ1) is 8.39. The van der Waals surface area contributed by atoms with Crippen molar-refractivity contribution in [3.63, 3.8) is 0 Å². The standard InChI is InChI=1S/C5H11NO3/c1-3(7)4(8)5(9)6-2/h3-4,7-8H,1-2H3,(H,6,9)/t3-,4+/m1/s1. The van der Waals surface area contributed by atoms with Gasteiger partial charge in [-0.1, -0.05) is 0 Å². The number of likely N-dealkylation sites (N-methyl/N-ethyl adjacent to an activating group) is 1. The molecule has 0 fully saturated rings. The van der Waals surface area contributed by atoms with E-state index >= 15 is 0 Å². The molecule has 0 aromatic heterocycles. The fraction of sp³-hybridized carbons (Fsp3) is 0.800. The molecule has 0 aliphatic rings. The molecule has 0 aromatic carbocycles. The molecule has 1 amide bonds. The van der Waals surface area contributed by atoms with Crippen molar-refractivity contribution >= 4 is 5.91 Å². The first-order valence-electron chi connectivity index (χ1n) is 2.67. The Kier molecular flexibility index (Phi) is 3.19. The first-order valence-corrected chi connectivity index (χ1v) is 2.67. The van der Waals surface area contributed by atoms with Gasteiger partial charge in [-0.05, 0) is 6.92 Å². The van der Waals surface area contributed by atoms with Crippen molar-refractivity contribution in [2.75, 3.05) is 7.05 Å². The Morgan fingerprint density at radius 1 is 1.56 bits per heavy atom. The van der Waals surface area contributed by atoms with Crippen LogP contribution >= 0.6 is 0 Å². The van der Waals surface area contributed by atoms with Crippen molar-refractivity contribution < 1.29 is 15.0 Å². The quantitative estimate of drug-likeness (QED) is 0.428. The molecule has 0 aliphatic heterocycles. The van der Waals surface area contributed by atoms with Crippen LogP contribution in [0.4, 0.5) is 0 Å². The first-order chi connectivity index (χ1) is 4.09. The van der Waals surface area contributed by atoms with E-state index in [4.69, 9.17) is 10.2 Å². The van der Waals surface area contributed by atoms with E-state index in [1.54, 1.807) is 0 Å². The van der Waals surface area contributed by atoms with Gasteiger partial charge in [-0.2, -0.15) is 0 Å². The van der Waals surface area contributed by atoms with Gasteiger partial charge in [-0.3, -0.25) is 4.79 Å². The van der Waals surface area contributed by atoms with E-state index in [9.17, 15) is 4.79 Å². The summed E-state index contributed by atoms with van der Waals surface area (Å²) >= 11 is 0. The fourth-order valence-corrected chi connectivity index (χ4v) is 0.367. The summed E-state index contributed by atoms with van der Waals surface area (Å²) in [6.45, 7) is 1.35. The van der Waals surface area contributed by atoms with Crippen molar-refractivity contribution in [2.45, 2.75) is 19.1 Å². The minimum Gasteiger partial charge on any atom is -0.390 e. The Labute approximate surface area is 53.5 Å². The summed E-state index contributed by atoms with van der Waals surface area (Å²) in [6, 6.07) is 0. The SMILES string of the molecule is CNC(=O)[C@@H](O)[C@@H](C)O. The molecule has 0 unspecified atom stereocenters. The highest BCUT2D eigenvalue weighted by atomic mass is 16.3. The third kappa shape index (κ3) is 2.43. The highest BCUT2D eigenvalue weighted by molar-refractivity contribution is 5.80. The van der Waals surface area contributed by atoms with Crippen molar-refractivity contribution in [1.82, 2.24) is 5.32 Å². The van der Waals surface area contributed by atoms with E-state index in [1.165, 1.54) is 14.0 Å². The Hall–Kier alpha value is -0.610. The number of hydrogen-bond donors (Lipinski definition) is 3. The van der Waals surface area contributed by atoms with Crippen LogP contribution in [0.3, 0.4) is 0 Å². The summed E-state index contributed by atoms with van der Waals surface area (Å²) in [5, 5.41) is 19.5. The van der Waals surface area contributed by atoms with Gasteiger partial charge >= 0.3 is 0 Å². The number of carbonyl (C=O) groups is 1. The summed E-state index contributed by atoms with van der Waals surface area (Å²) in [6.07, 6.45) is -2.32. The molecule has 0 rings (SSSR count). The van der Waals surface area contributed by atoms with Crippen LogP contribution in [-0.4, -0.2) is 35.4 Å². The molecule has 9 heavy (non-hydrogen) atoms. The smallest absolute Gasteiger partial charge is 0.251 e. The second-order valence-electron chi connectivity index (χ2n) is 1.80. The summed E-state index contributed by atoms with van der Waals surface area (Å²) in [7, 11) is 1.40. The topological polar surface area (TPSA) is 69.6 Å². The third-order valence-electron chi connectivity index (χ3n) is 0.972. The lowest BCUT2D eigenvalue weighted by Crippen LogP contribution is -2.39. The molecule has 0 bridgehead atoms. The zero-order valence-corrected chi connectivity index (χ0v) is 5.46. The zero-order chi connectivity index (χ0) is 7.44. The van der Waals surface area contributed by atoms with Gasteiger partial charge in [0.15, 0.2) is 6.10 Å². The van der Waals surface area contributed by atoms with Gasteiger partial charge in [0.05, 0.1) is 6.10 Å². The van der Waals surface area contributed by atoms with E-state index in [0.29, 0.717) is 0 Å². The Balaban J connectivity index is 3.72. The van der Waals surface area contributed by atoms with Crippen LogP contribution in [0.25, 0.3) is 0 Å². The van der Waals surface area contributed by atoms with Gasteiger partial charge in [-0.15, -0.1) is 0 Å². The molecule has 0 aliphatic carbocycles. The molecule has 4 heteroatoms. The molecule has 0 aromatic rings. The average Bonchev–Trinajstić information content (AvgIpc) is 1.84. The van der Waals surface area contributed by atoms with Crippen LogP contribution in [0.1, 0.15) is 6.92 Å². The average molecular weight is 133 g/mol. The van der Waals surface area contributed by atoms with Gasteiger partial charge in [0.2, 0.25) is 0 Å². The molecule has 0 saturated carbocycles. The molecule has 54 valence electrons.